The fourth-order valence-electron chi connectivity index (χ4n) is 5.91. The van der Waals surface area contributed by atoms with Crippen LogP contribution in [0.25, 0.3) is 0 Å². The molecule has 1 aromatic carbocycles. The molecular weight excluding hydrogens is 365 g/mol. The lowest BCUT2D eigenvalue weighted by Gasteiger charge is -2.54. The third kappa shape index (κ3) is 3.70. The van der Waals surface area contributed by atoms with Crippen molar-refractivity contribution in [2.75, 3.05) is 0 Å². The minimum Gasteiger partial charge on any atom is -0.298 e. The van der Waals surface area contributed by atoms with Crippen LogP contribution in [-0.2, 0) is 14.8 Å². The maximum atomic E-state index is 13.1. The van der Waals surface area contributed by atoms with Crippen molar-refractivity contribution in [3.8, 4) is 0 Å². The van der Waals surface area contributed by atoms with E-state index in [1.807, 2.05) is 0 Å². The Morgan fingerprint density at radius 2 is 1.56 bits per heavy atom. The lowest BCUT2D eigenvalue weighted by molar-refractivity contribution is -0.128. The molecule has 0 spiro atoms. The molecule has 0 saturated heterocycles. The summed E-state index contributed by atoms with van der Waals surface area (Å²) in [4.78, 5) is 13.0. The first-order valence-electron chi connectivity index (χ1n) is 9.97. The number of hydrogen-bond acceptors (Lipinski definition) is 3. The predicted octanol–water partition coefficient (Wildman–Crippen LogP) is 3.91. The van der Waals surface area contributed by atoms with Gasteiger partial charge >= 0.3 is 0 Å². The highest BCUT2D eigenvalue weighted by atomic mass is 32.2. The van der Waals surface area contributed by atoms with Gasteiger partial charge in [-0.2, -0.15) is 4.72 Å². The molecule has 0 unspecified atom stereocenters. The third-order valence-electron chi connectivity index (χ3n) is 7.05. The van der Waals surface area contributed by atoms with Crippen molar-refractivity contribution >= 4 is 15.8 Å². The van der Waals surface area contributed by atoms with E-state index < -0.39 is 21.4 Å². The largest absolute Gasteiger partial charge is 0.298 e. The molecule has 6 heteroatoms. The Hall–Kier alpha value is -1.27. The van der Waals surface area contributed by atoms with Crippen molar-refractivity contribution in [3.63, 3.8) is 0 Å². The van der Waals surface area contributed by atoms with Crippen molar-refractivity contribution in [2.45, 2.75) is 62.8 Å². The number of nitrogens with one attached hydrogen (secondary N) is 1. The van der Waals surface area contributed by atoms with Crippen LogP contribution >= 0.6 is 0 Å². The maximum absolute atomic E-state index is 13.1. The number of sulfonamides is 1. The number of carbonyl (C=O) groups is 1. The zero-order chi connectivity index (χ0) is 19.4. The van der Waals surface area contributed by atoms with Crippen LogP contribution < -0.4 is 4.72 Å². The van der Waals surface area contributed by atoms with Gasteiger partial charge in [0.1, 0.15) is 5.82 Å². The first kappa shape index (κ1) is 19.1. The fraction of sp³-hybridized carbons (Fsp3) is 0.667. The van der Waals surface area contributed by atoms with E-state index in [4.69, 9.17) is 0 Å². The van der Waals surface area contributed by atoms with Crippen LogP contribution in [-0.4, -0.2) is 19.7 Å². The number of hydrogen-bond donors (Lipinski definition) is 1. The molecule has 4 aliphatic rings. The van der Waals surface area contributed by atoms with Crippen LogP contribution in [0.15, 0.2) is 29.2 Å². The molecule has 4 saturated carbocycles. The molecule has 4 nitrogen and oxygen atoms in total. The van der Waals surface area contributed by atoms with E-state index in [0.29, 0.717) is 24.2 Å². The second kappa shape index (κ2) is 6.66. The normalized spacial score (nSPS) is 32.6. The Morgan fingerprint density at radius 1 is 1.04 bits per heavy atom. The van der Waals surface area contributed by atoms with Crippen LogP contribution in [0.2, 0.25) is 0 Å². The zero-order valence-electron chi connectivity index (χ0n) is 15.9. The van der Waals surface area contributed by atoms with E-state index in [9.17, 15) is 17.6 Å². The summed E-state index contributed by atoms with van der Waals surface area (Å²) in [7, 11) is -3.88. The Morgan fingerprint density at radius 3 is 2.07 bits per heavy atom. The number of Topliss-reactive ketones (excluding diaryl/α,β-unsaturated/α-hetero) is 1. The summed E-state index contributed by atoms with van der Waals surface area (Å²) in [6.45, 7) is 3.26. The minimum absolute atomic E-state index is 0.0283. The summed E-state index contributed by atoms with van der Waals surface area (Å²) in [5.74, 6) is 2.83. The van der Waals surface area contributed by atoms with E-state index in [-0.39, 0.29) is 10.7 Å². The quantitative estimate of drug-likeness (QED) is 0.797. The summed E-state index contributed by atoms with van der Waals surface area (Å²) in [6, 6.07) is 4.65. The zero-order valence-corrected chi connectivity index (χ0v) is 16.8. The van der Waals surface area contributed by atoms with Gasteiger partial charge in [-0.15, -0.1) is 0 Å². The average molecular weight is 394 g/mol. The van der Waals surface area contributed by atoms with Crippen LogP contribution in [0.1, 0.15) is 52.4 Å². The van der Waals surface area contributed by atoms with E-state index >= 15 is 0 Å². The molecule has 0 amide bonds. The highest BCUT2D eigenvalue weighted by molar-refractivity contribution is 7.89. The summed E-state index contributed by atoms with van der Waals surface area (Å²) < 4.78 is 40.8. The van der Waals surface area contributed by atoms with Crippen LogP contribution in [0.4, 0.5) is 4.39 Å². The van der Waals surface area contributed by atoms with Crippen LogP contribution in [0, 0.1) is 35.4 Å². The molecule has 0 heterocycles. The van der Waals surface area contributed by atoms with Gasteiger partial charge in [0.25, 0.3) is 0 Å². The molecule has 148 valence electrons. The average Bonchev–Trinajstić information content (AvgIpc) is 2.56. The van der Waals surface area contributed by atoms with Crippen LogP contribution in [0.5, 0.6) is 0 Å². The van der Waals surface area contributed by atoms with E-state index in [1.165, 1.54) is 44.2 Å². The van der Waals surface area contributed by atoms with Gasteiger partial charge in [0.05, 0.1) is 10.4 Å². The summed E-state index contributed by atoms with van der Waals surface area (Å²) in [5.41, 5.74) is -1.18. The molecular formula is C21H28FNO3S. The second-order valence-corrected chi connectivity index (χ2v) is 11.1. The molecule has 0 atom stereocenters. The predicted molar refractivity (Wildman–Crippen MR) is 101 cm³/mol. The van der Waals surface area contributed by atoms with E-state index in [0.717, 1.165) is 24.0 Å². The fourth-order valence-corrected chi connectivity index (χ4v) is 7.30. The Bertz CT molecular complexity index is 803. The van der Waals surface area contributed by atoms with Gasteiger partial charge < -0.3 is 0 Å². The number of halogens is 1. The molecule has 0 aromatic heterocycles. The number of ketones is 1. The van der Waals surface area contributed by atoms with E-state index in [1.54, 1.807) is 13.8 Å². The Labute approximate surface area is 161 Å². The topological polar surface area (TPSA) is 63.2 Å². The van der Waals surface area contributed by atoms with Gasteiger partial charge in [0, 0.05) is 6.42 Å². The smallest absolute Gasteiger partial charge is 0.241 e. The molecule has 4 fully saturated rings. The SMILES string of the molecule is CC(C)(NS(=O)(=O)c1ccc(F)cc1)C(=O)CC1C2CC3CC(C2)CC1C3. The highest BCUT2D eigenvalue weighted by Gasteiger charge is 2.49. The van der Waals surface area contributed by atoms with Gasteiger partial charge in [-0.05, 0) is 99.8 Å². The number of benzene rings is 1. The maximum Gasteiger partial charge on any atom is 0.241 e. The molecule has 4 aliphatic carbocycles. The lowest BCUT2D eigenvalue weighted by Crippen LogP contribution is -2.52. The van der Waals surface area contributed by atoms with E-state index in [2.05, 4.69) is 4.72 Å². The molecule has 1 N–H and O–H groups in total. The van der Waals surface area contributed by atoms with Crippen molar-refractivity contribution in [1.82, 2.24) is 4.72 Å². The standard InChI is InChI=1S/C21H28FNO3S/c1-21(2,23-27(25,26)18-5-3-17(22)4-6-18)20(24)12-19-15-8-13-7-14(10-15)11-16(19)9-13/h3-6,13-16,19,23H,7-12H2,1-2H3. The van der Waals surface area contributed by atoms with Crippen LogP contribution in [0.3, 0.4) is 0 Å². The van der Waals surface area contributed by atoms with Crippen molar-refractivity contribution < 1.29 is 17.6 Å². The first-order chi connectivity index (χ1) is 12.6. The monoisotopic (exact) mass is 393 g/mol. The lowest BCUT2D eigenvalue weighted by atomic mass is 9.51. The molecule has 4 bridgehead atoms. The summed E-state index contributed by atoms with van der Waals surface area (Å²) >= 11 is 0. The Balaban J connectivity index is 1.45. The third-order valence-corrected chi connectivity index (χ3v) is 8.73. The first-order valence-corrected chi connectivity index (χ1v) is 11.5. The molecule has 0 radical (unpaired) electrons. The van der Waals surface area contributed by atoms with Gasteiger partial charge in [0.2, 0.25) is 10.0 Å². The summed E-state index contributed by atoms with van der Waals surface area (Å²) in [6.07, 6.45) is 6.79. The summed E-state index contributed by atoms with van der Waals surface area (Å²) in [5, 5.41) is 0. The Kier molecular flexibility index (Phi) is 4.70. The van der Waals surface area contributed by atoms with Gasteiger partial charge in [-0.3, -0.25) is 4.79 Å². The molecule has 27 heavy (non-hydrogen) atoms. The van der Waals surface area contributed by atoms with Crippen molar-refractivity contribution in [1.29, 1.82) is 0 Å². The van der Waals surface area contributed by atoms with Gasteiger partial charge in [-0.1, -0.05) is 0 Å². The number of rotatable bonds is 6. The van der Waals surface area contributed by atoms with Gasteiger partial charge in [0.15, 0.2) is 5.78 Å². The second-order valence-electron chi connectivity index (χ2n) is 9.41. The molecule has 0 aliphatic heterocycles. The number of carbonyl (C=O) groups excluding carboxylic acids is 1. The van der Waals surface area contributed by atoms with Crippen molar-refractivity contribution in [3.05, 3.63) is 30.1 Å². The van der Waals surface area contributed by atoms with Crippen molar-refractivity contribution in [2.24, 2.45) is 29.6 Å². The minimum atomic E-state index is -3.88. The highest BCUT2D eigenvalue weighted by Crippen LogP contribution is 2.57. The van der Waals surface area contributed by atoms with Gasteiger partial charge in [-0.25, -0.2) is 12.8 Å². The molecule has 1 aromatic rings. The molecule has 5 rings (SSSR count).